The number of rotatable bonds is 4. The fourth-order valence-corrected chi connectivity index (χ4v) is 3.33. The van der Waals surface area contributed by atoms with Crippen molar-refractivity contribution >= 4 is 29.7 Å². The Bertz CT molecular complexity index is 642. The van der Waals surface area contributed by atoms with E-state index in [2.05, 4.69) is 15.6 Å². The number of morpholine rings is 1. The topological polar surface area (TPSA) is 63.2 Å². The van der Waals surface area contributed by atoms with E-state index < -0.39 is 0 Å². The van der Waals surface area contributed by atoms with Crippen LogP contribution in [0.15, 0.2) is 30.3 Å². The molecule has 1 amide bonds. The number of nitrogens with one attached hydrogen (secondary N) is 2. The van der Waals surface area contributed by atoms with Gasteiger partial charge in [-0.1, -0.05) is 30.3 Å². The van der Waals surface area contributed by atoms with Crippen LogP contribution in [-0.2, 0) is 16.1 Å². The lowest BCUT2D eigenvalue weighted by molar-refractivity contribution is -0.126. The highest BCUT2D eigenvalue weighted by Crippen LogP contribution is 2.27. The number of nitrogens with zero attached hydrogens (tertiary/aromatic N) is 1. The molecule has 0 spiro atoms. The zero-order chi connectivity index (χ0) is 15.4. The molecule has 0 aliphatic carbocycles. The second kappa shape index (κ2) is 8.40. The number of hydrogen-bond acceptors (Lipinski definition) is 5. The molecule has 1 fully saturated rings. The van der Waals surface area contributed by atoms with Gasteiger partial charge in [0.2, 0.25) is 5.91 Å². The average molecular weight is 354 g/mol. The Morgan fingerprint density at radius 3 is 2.91 bits per heavy atom. The summed E-state index contributed by atoms with van der Waals surface area (Å²) in [6.07, 6.45) is 0. The van der Waals surface area contributed by atoms with E-state index in [0.29, 0.717) is 19.8 Å². The molecule has 23 heavy (non-hydrogen) atoms. The lowest BCUT2D eigenvalue weighted by atomic mass is 10.2. The summed E-state index contributed by atoms with van der Waals surface area (Å²) < 4.78 is 5.31. The molecule has 1 aliphatic rings. The molecule has 2 N–H and O–H groups in total. The summed E-state index contributed by atoms with van der Waals surface area (Å²) in [7, 11) is 0. The van der Waals surface area contributed by atoms with Crippen LogP contribution in [-0.4, -0.2) is 36.7 Å². The van der Waals surface area contributed by atoms with E-state index >= 15 is 0 Å². The fourth-order valence-electron chi connectivity index (χ4n) is 2.32. The first kappa shape index (κ1) is 17.9. The summed E-state index contributed by atoms with van der Waals surface area (Å²) in [6, 6.07) is 9.83. The van der Waals surface area contributed by atoms with Gasteiger partial charge in [-0.25, -0.2) is 4.98 Å². The van der Waals surface area contributed by atoms with Gasteiger partial charge in [-0.05, 0) is 6.92 Å². The minimum atomic E-state index is -0.254. The van der Waals surface area contributed by atoms with Crippen LogP contribution >= 0.6 is 23.7 Å². The Morgan fingerprint density at radius 1 is 1.43 bits per heavy atom. The van der Waals surface area contributed by atoms with E-state index in [1.807, 2.05) is 37.3 Å². The van der Waals surface area contributed by atoms with Gasteiger partial charge in [-0.15, -0.1) is 23.7 Å². The van der Waals surface area contributed by atoms with E-state index in [1.165, 1.54) is 0 Å². The highest BCUT2D eigenvalue weighted by atomic mass is 35.5. The van der Waals surface area contributed by atoms with Gasteiger partial charge in [0.15, 0.2) is 0 Å². The number of aromatic nitrogens is 1. The van der Waals surface area contributed by atoms with E-state index in [4.69, 9.17) is 4.74 Å². The maximum absolute atomic E-state index is 12.1. The quantitative estimate of drug-likeness (QED) is 0.884. The van der Waals surface area contributed by atoms with Crippen molar-refractivity contribution in [1.29, 1.82) is 0 Å². The van der Waals surface area contributed by atoms with Gasteiger partial charge in [0, 0.05) is 17.0 Å². The fraction of sp³-hybridized carbons (Fsp3) is 0.375. The third-order valence-electron chi connectivity index (χ3n) is 3.57. The zero-order valence-corrected chi connectivity index (χ0v) is 14.5. The summed E-state index contributed by atoms with van der Waals surface area (Å²) in [5, 5.41) is 7.10. The molecule has 1 aromatic heterocycles. The van der Waals surface area contributed by atoms with Crippen LogP contribution < -0.4 is 10.6 Å². The maximum Gasteiger partial charge on any atom is 0.239 e. The molecule has 124 valence electrons. The van der Waals surface area contributed by atoms with Crippen LogP contribution in [0.4, 0.5) is 0 Å². The molecule has 3 rings (SSSR count). The van der Waals surface area contributed by atoms with Gasteiger partial charge in [-0.3, -0.25) is 4.79 Å². The van der Waals surface area contributed by atoms with Gasteiger partial charge in [0.25, 0.3) is 0 Å². The number of ether oxygens (including phenoxy) is 1. The second-order valence-electron chi connectivity index (χ2n) is 5.19. The highest BCUT2D eigenvalue weighted by Gasteiger charge is 2.21. The predicted octanol–water partition coefficient (Wildman–Crippen LogP) is 2.14. The number of hydrogen-bond donors (Lipinski definition) is 2. The molecule has 1 atom stereocenters. The minimum absolute atomic E-state index is 0. The molecule has 0 radical (unpaired) electrons. The van der Waals surface area contributed by atoms with Crippen molar-refractivity contribution in [1.82, 2.24) is 15.6 Å². The molecular weight excluding hydrogens is 334 g/mol. The van der Waals surface area contributed by atoms with Crippen LogP contribution in [0, 0.1) is 6.92 Å². The van der Waals surface area contributed by atoms with Crippen molar-refractivity contribution in [2.24, 2.45) is 0 Å². The number of thiazole rings is 1. The molecule has 0 bridgehead atoms. The van der Waals surface area contributed by atoms with Crippen LogP contribution in [0.2, 0.25) is 0 Å². The van der Waals surface area contributed by atoms with Crippen molar-refractivity contribution in [3.8, 4) is 10.6 Å². The van der Waals surface area contributed by atoms with Crippen LogP contribution in [0.3, 0.4) is 0 Å². The van der Waals surface area contributed by atoms with Crippen LogP contribution in [0.1, 0.15) is 10.6 Å². The number of aryl methyl sites for hydroxylation is 1. The van der Waals surface area contributed by atoms with Gasteiger partial charge >= 0.3 is 0 Å². The summed E-state index contributed by atoms with van der Waals surface area (Å²) in [6.45, 7) is 4.30. The molecule has 7 heteroatoms. The van der Waals surface area contributed by atoms with E-state index in [-0.39, 0.29) is 24.4 Å². The Hall–Kier alpha value is -1.47. The first-order valence-electron chi connectivity index (χ1n) is 7.34. The lowest BCUT2D eigenvalue weighted by Crippen LogP contribution is -2.51. The second-order valence-corrected chi connectivity index (χ2v) is 6.28. The average Bonchev–Trinajstić information content (AvgIpc) is 2.95. The first-order chi connectivity index (χ1) is 10.7. The summed E-state index contributed by atoms with van der Waals surface area (Å²) in [5.74, 6) is -0.0197. The molecular formula is C16H20ClN3O2S. The monoisotopic (exact) mass is 353 g/mol. The van der Waals surface area contributed by atoms with E-state index in [1.54, 1.807) is 11.3 Å². The third-order valence-corrected chi connectivity index (χ3v) is 4.78. The Balaban J connectivity index is 0.00000192. The van der Waals surface area contributed by atoms with E-state index in [0.717, 1.165) is 27.7 Å². The molecule has 1 aliphatic heterocycles. The molecule has 5 nitrogen and oxygen atoms in total. The largest absolute Gasteiger partial charge is 0.378 e. The first-order valence-corrected chi connectivity index (χ1v) is 8.16. The Labute approximate surface area is 145 Å². The van der Waals surface area contributed by atoms with Gasteiger partial charge in [0.05, 0.1) is 25.5 Å². The minimum Gasteiger partial charge on any atom is -0.378 e. The van der Waals surface area contributed by atoms with Gasteiger partial charge < -0.3 is 15.4 Å². The van der Waals surface area contributed by atoms with E-state index in [9.17, 15) is 4.79 Å². The summed E-state index contributed by atoms with van der Waals surface area (Å²) in [4.78, 5) is 17.8. The standard InChI is InChI=1S/C16H19N3O2S.ClH/c1-11-14(9-18-15(20)13-10-21-8-7-17-13)22-16(19-11)12-5-3-2-4-6-12;/h2-6,13,17H,7-10H2,1H3,(H,18,20);1H. The third kappa shape index (κ3) is 4.51. The molecule has 2 heterocycles. The maximum atomic E-state index is 12.1. The summed E-state index contributed by atoms with van der Waals surface area (Å²) in [5.41, 5.74) is 2.08. The lowest BCUT2D eigenvalue weighted by Gasteiger charge is -2.22. The summed E-state index contributed by atoms with van der Waals surface area (Å²) >= 11 is 1.62. The zero-order valence-electron chi connectivity index (χ0n) is 12.9. The van der Waals surface area contributed by atoms with Crippen molar-refractivity contribution in [2.75, 3.05) is 19.8 Å². The van der Waals surface area contributed by atoms with Crippen molar-refractivity contribution < 1.29 is 9.53 Å². The Morgan fingerprint density at radius 2 is 2.22 bits per heavy atom. The van der Waals surface area contributed by atoms with Crippen LogP contribution in [0.25, 0.3) is 10.6 Å². The smallest absolute Gasteiger partial charge is 0.239 e. The molecule has 1 saturated heterocycles. The number of halogens is 1. The SMILES string of the molecule is Cc1nc(-c2ccccc2)sc1CNC(=O)C1COCCN1.Cl. The van der Waals surface area contributed by atoms with Gasteiger partial charge in [0.1, 0.15) is 11.0 Å². The number of carbonyl (C=O) groups is 1. The van der Waals surface area contributed by atoms with Crippen molar-refractivity contribution in [2.45, 2.75) is 19.5 Å². The molecule has 1 unspecified atom stereocenters. The Kier molecular flexibility index (Phi) is 6.53. The van der Waals surface area contributed by atoms with Gasteiger partial charge in [-0.2, -0.15) is 0 Å². The number of amides is 1. The number of carbonyl (C=O) groups excluding carboxylic acids is 1. The van der Waals surface area contributed by atoms with Crippen LogP contribution in [0.5, 0.6) is 0 Å². The number of benzene rings is 1. The molecule has 0 saturated carbocycles. The molecule has 1 aromatic carbocycles. The highest BCUT2D eigenvalue weighted by molar-refractivity contribution is 7.15. The normalized spacial score (nSPS) is 17.3. The molecule has 2 aromatic rings. The van der Waals surface area contributed by atoms with Crippen molar-refractivity contribution in [3.05, 3.63) is 40.9 Å². The van der Waals surface area contributed by atoms with Crippen molar-refractivity contribution in [3.63, 3.8) is 0 Å². The predicted molar refractivity (Wildman–Crippen MR) is 94.0 cm³/mol.